The van der Waals surface area contributed by atoms with E-state index in [-0.39, 0.29) is 22.1 Å². The minimum absolute atomic E-state index is 0.155. The Balaban J connectivity index is 2.27. The Bertz CT molecular complexity index is 1020. The van der Waals surface area contributed by atoms with E-state index in [0.717, 1.165) is 18.2 Å². The average molecular weight is 419 g/mol. The van der Waals surface area contributed by atoms with Crippen LogP contribution in [0.2, 0.25) is 0 Å². The highest BCUT2D eigenvalue weighted by molar-refractivity contribution is 7.90. The minimum Gasteiger partial charge on any atom is -0.345 e. The Hall–Kier alpha value is -2.41. The van der Waals surface area contributed by atoms with Gasteiger partial charge < -0.3 is 9.88 Å². The van der Waals surface area contributed by atoms with E-state index >= 15 is 0 Å². The highest BCUT2D eigenvalue weighted by Gasteiger charge is 2.20. The van der Waals surface area contributed by atoms with Gasteiger partial charge >= 0.3 is 0 Å². The predicted molar refractivity (Wildman–Crippen MR) is 115 cm³/mol. The summed E-state index contributed by atoms with van der Waals surface area (Å²) in [5.74, 6) is 0.0466. The number of carbonyl (C=O) groups is 1. The molecule has 0 saturated carbocycles. The minimum atomic E-state index is -3.28. The van der Waals surface area contributed by atoms with Crippen molar-refractivity contribution in [2.75, 3.05) is 6.26 Å². The average Bonchev–Trinajstić information content (AvgIpc) is 2.64. The quantitative estimate of drug-likeness (QED) is 0.711. The Morgan fingerprint density at radius 3 is 2.28 bits per heavy atom. The lowest BCUT2D eigenvalue weighted by atomic mass is 10.0. The van der Waals surface area contributed by atoms with E-state index in [9.17, 15) is 18.0 Å². The van der Waals surface area contributed by atoms with Crippen molar-refractivity contribution in [2.24, 2.45) is 5.92 Å². The number of benzene rings is 1. The van der Waals surface area contributed by atoms with E-state index < -0.39 is 15.7 Å². The maximum absolute atomic E-state index is 12.9. The van der Waals surface area contributed by atoms with Crippen molar-refractivity contribution < 1.29 is 13.2 Å². The van der Waals surface area contributed by atoms with Crippen molar-refractivity contribution in [3.8, 4) is 0 Å². The van der Waals surface area contributed by atoms with Crippen LogP contribution in [0.4, 0.5) is 0 Å². The smallest absolute Gasteiger partial charge is 0.263 e. The van der Waals surface area contributed by atoms with Gasteiger partial charge in [-0.05, 0) is 55.0 Å². The number of aromatic nitrogens is 1. The highest BCUT2D eigenvalue weighted by Crippen LogP contribution is 2.20. The molecular formula is C22H30N2O4S. The van der Waals surface area contributed by atoms with Gasteiger partial charge in [0.15, 0.2) is 9.84 Å². The Kier molecular flexibility index (Phi) is 7.41. The van der Waals surface area contributed by atoms with Crippen LogP contribution in [0.5, 0.6) is 0 Å². The monoisotopic (exact) mass is 418 g/mol. The Labute approximate surface area is 172 Å². The van der Waals surface area contributed by atoms with Crippen molar-refractivity contribution in [1.82, 2.24) is 9.88 Å². The zero-order valence-corrected chi connectivity index (χ0v) is 18.5. The van der Waals surface area contributed by atoms with Crippen LogP contribution in [0.15, 0.2) is 46.2 Å². The molecule has 1 amide bonds. The number of sulfone groups is 1. The lowest BCUT2D eigenvalue weighted by Gasteiger charge is -2.19. The summed E-state index contributed by atoms with van der Waals surface area (Å²) in [6.07, 6.45) is 4.35. The summed E-state index contributed by atoms with van der Waals surface area (Å²) in [7, 11) is -3.28. The second kappa shape index (κ2) is 9.39. The van der Waals surface area contributed by atoms with Gasteiger partial charge in [0.25, 0.3) is 11.5 Å². The number of hydrogen-bond donors (Lipinski definition) is 1. The molecule has 2 aromatic rings. The molecule has 7 heteroatoms. The van der Waals surface area contributed by atoms with Crippen molar-refractivity contribution >= 4 is 15.7 Å². The maximum atomic E-state index is 12.9. The summed E-state index contributed by atoms with van der Waals surface area (Å²) in [6.45, 7) is 8.43. The summed E-state index contributed by atoms with van der Waals surface area (Å²) >= 11 is 0. The van der Waals surface area contributed by atoms with Crippen molar-refractivity contribution in [3.63, 3.8) is 0 Å². The predicted octanol–water partition coefficient (Wildman–Crippen LogP) is 3.49. The second-order valence-electron chi connectivity index (χ2n) is 7.83. The molecule has 1 atom stereocenters. The van der Waals surface area contributed by atoms with Crippen LogP contribution in [-0.4, -0.2) is 25.1 Å². The van der Waals surface area contributed by atoms with Crippen LogP contribution in [0, 0.1) is 12.8 Å². The molecule has 0 bridgehead atoms. The van der Waals surface area contributed by atoms with E-state index in [4.69, 9.17) is 0 Å². The Morgan fingerprint density at radius 1 is 1.14 bits per heavy atom. The summed E-state index contributed by atoms with van der Waals surface area (Å²) < 4.78 is 24.9. The molecule has 1 heterocycles. The standard InChI is InChI=1S/C22H30N2O4S/c1-6-19(17-7-9-18(10-8-17)29(5,27)28)23-21(25)20-16(4)12-14-24(22(20)26)13-11-15(2)3/h7-10,12,14-15,19H,6,11,13H2,1-5H3,(H,23,25). The summed E-state index contributed by atoms with van der Waals surface area (Å²) in [5, 5.41) is 2.93. The summed E-state index contributed by atoms with van der Waals surface area (Å²) in [4.78, 5) is 26.0. The Morgan fingerprint density at radius 2 is 1.76 bits per heavy atom. The normalized spacial score (nSPS) is 12.8. The van der Waals surface area contributed by atoms with E-state index in [1.54, 1.807) is 35.9 Å². The van der Waals surface area contributed by atoms with Crippen molar-refractivity contribution in [1.29, 1.82) is 0 Å². The molecule has 1 aromatic carbocycles. The van der Waals surface area contributed by atoms with Crippen LogP contribution in [0.3, 0.4) is 0 Å². The first-order valence-electron chi connectivity index (χ1n) is 9.85. The second-order valence-corrected chi connectivity index (χ2v) is 9.85. The lowest BCUT2D eigenvalue weighted by molar-refractivity contribution is 0.0932. The SMILES string of the molecule is CCC(NC(=O)c1c(C)ccn(CCC(C)C)c1=O)c1ccc(S(C)(=O)=O)cc1. The molecule has 0 radical (unpaired) electrons. The third kappa shape index (κ3) is 5.79. The fourth-order valence-corrected chi connectivity index (χ4v) is 3.74. The van der Waals surface area contributed by atoms with Crippen LogP contribution in [0.1, 0.15) is 61.1 Å². The van der Waals surface area contributed by atoms with E-state index in [0.29, 0.717) is 24.4 Å². The van der Waals surface area contributed by atoms with Crippen LogP contribution < -0.4 is 10.9 Å². The third-order valence-electron chi connectivity index (χ3n) is 4.97. The lowest BCUT2D eigenvalue weighted by Crippen LogP contribution is -2.36. The van der Waals surface area contributed by atoms with Gasteiger partial charge in [0, 0.05) is 19.0 Å². The van der Waals surface area contributed by atoms with Gasteiger partial charge in [-0.15, -0.1) is 0 Å². The molecule has 2 rings (SSSR count). The molecular weight excluding hydrogens is 388 g/mol. The molecule has 6 nitrogen and oxygen atoms in total. The zero-order chi connectivity index (χ0) is 21.8. The van der Waals surface area contributed by atoms with Gasteiger partial charge in [-0.1, -0.05) is 32.9 Å². The first-order chi connectivity index (χ1) is 13.5. The molecule has 0 aliphatic rings. The number of nitrogens with zero attached hydrogens (tertiary/aromatic N) is 1. The van der Waals surface area contributed by atoms with Crippen LogP contribution in [0.25, 0.3) is 0 Å². The molecule has 1 aromatic heterocycles. The largest absolute Gasteiger partial charge is 0.345 e. The molecule has 0 saturated heterocycles. The molecule has 158 valence electrons. The fraction of sp³-hybridized carbons (Fsp3) is 0.455. The van der Waals surface area contributed by atoms with Crippen molar-refractivity contribution in [2.45, 2.75) is 58.0 Å². The van der Waals surface area contributed by atoms with Crippen molar-refractivity contribution in [3.05, 3.63) is 63.6 Å². The van der Waals surface area contributed by atoms with Crippen LogP contribution in [-0.2, 0) is 16.4 Å². The van der Waals surface area contributed by atoms with Crippen LogP contribution >= 0.6 is 0 Å². The van der Waals surface area contributed by atoms with Gasteiger partial charge in [-0.2, -0.15) is 0 Å². The molecule has 0 aliphatic carbocycles. The number of rotatable bonds is 8. The zero-order valence-electron chi connectivity index (χ0n) is 17.7. The molecule has 1 unspecified atom stereocenters. The first kappa shape index (κ1) is 22.9. The van der Waals surface area contributed by atoms with Gasteiger partial charge in [0.1, 0.15) is 5.56 Å². The number of aryl methyl sites for hydroxylation is 2. The summed E-state index contributed by atoms with van der Waals surface area (Å²) in [5.41, 5.74) is 1.30. The number of pyridine rings is 1. The molecule has 0 aliphatic heterocycles. The highest BCUT2D eigenvalue weighted by atomic mass is 32.2. The third-order valence-corrected chi connectivity index (χ3v) is 6.10. The maximum Gasteiger partial charge on any atom is 0.263 e. The van der Waals surface area contributed by atoms with E-state index in [1.807, 2.05) is 6.92 Å². The summed E-state index contributed by atoms with van der Waals surface area (Å²) in [6, 6.07) is 7.93. The van der Waals surface area contributed by atoms with Gasteiger partial charge in [0.05, 0.1) is 10.9 Å². The topological polar surface area (TPSA) is 85.2 Å². The molecule has 29 heavy (non-hydrogen) atoms. The van der Waals surface area contributed by atoms with E-state index in [1.165, 1.54) is 12.1 Å². The molecule has 0 fully saturated rings. The number of hydrogen-bond acceptors (Lipinski definition) is 4. The van der Waals surface area contributed by atoms with Gasteiger partial charge in [-0.3, -0.25) is 9.59 Å². The van der Waals surface area contributed by atoms with Gasteiger partial charge in [0.2, 0.25) is 0 Å². The molecule has 0 spiro atoms. The molecule has 1 N–H and O–H groups in total. The number of amides is 1. The van der Waals surface area contributed by atoms with E-state index in [2.05, 4.69) is 19.2 Å². The fourth-order valence-electron chi connectivity index (χ4n) is 3.11. The number of nitrogens with one attached hydrogen (secondary N) is 1. The first-order valence-corrected chi connectivity index (χ1v) is 11.7. The number of carbonyl (C=O) groups excluding carboxylic acids is 1. The van der Waals surface area contributed by atoms with Gasteiger partial charge in [-0.25, -0.2) is 8.42 Å².